The minimum atomic E-state index is 0.337. The number of pyridine rings is 1. The third kappa shape index (κ3) is 5.13. The molecule has 1 atom stereocenters. The minimum Gasteiger partial charge on any atom is -0.388 e. The summed E-state index contributed by atoms with van der Waals surface area (Å²) >= 11 is 4.86. The molecular formula is C13H21N3S. The van der Waals surface area contributed by atoms with Crippen molar-refractivity contribution < 1.29 is 0 Å². The molecule has 0 fully saturated rings. The Morgan fingerprint density at radius 2 is 2.06 bits per heavy atom. The first-order valence-electron chi connectivity index (χ1n) is 6.01. The standard InChI is InChI=1S/C13H21N3S/c1-9(2)4-5-10(3)16-11-6-7-12(13(14)17)15-8-11/h6-10,16H,4-5H2,1-3H3,(H2,14,17). The van der Waals surface area contributed by atoms with Crippen molar-refractivity contribution >= 4 is 22.9 Å². The molecule has 0 aliphatic rings. The lowest BCUT2D eigenvalue weighted by atomic mass is 10.0. The maximum Gasteiger partial charge on any atom is 0.122 e. The van der Waals surface area contributed by atoms with Gasteiger partial charge in [-0.2, -0.15) is 0 Å². The predicted octanol–water partition coefficient (Wildman–Crippen LogP) is 2.95. The van der Waals surface area contributed by atoms with E-state index in [0.29, 0.717) is 16.7 Å². The van der Waals surface area contributed by atoms with E-state index in [0.717, 1.165) is 18.0 Å². The van der Waals surface area contributed by atoms with E-state index in [4.69, 9.17) is 18.0 Å². The van der Waals surface area contributed by atoms with Gasteiger partial charge in [-0.1, -0.05) is 26.1 Å². The van der Waals surface area contributed by atoms with E-state index in [9.17, 15) is 0 Å². The Balaban J connectivity index is 2.48. The lowest BCUT2D eigenvalue weighted by molar-refractivity contribution is 0.527. The largest absolute Gasteiger partial charge is 0.388 e. The molecule has 1 aromatic rings. The van der Waals surface area contributed by atoms with Crippen LogP contribution in [0.4, 0.5) is 5.69 Å². The van der Waals surface area contributed by atoms with E-state index in [1.807, 2.05) is 12.1 Å². The number of nitrogens with zero attached hydrogens (tertiary/aromatic N) is 1. The molecular weight excluding hydrogens is 230 g/mol. The van der Waals surface area contributed by atoms with E-state index in [1.54, 1.807) is 6.20 Å². The van der Waals surface area contributed by atoms with Crippen molar-refractivity contribution in [3.05, 3.63) is 24.0 Å². The van der Waals surface area contributed by atoms with Crippen LogP contribution in [0.2, 0.25) is 0 Å². The molecule has 0 aliphatic heterocycles. The van der Waals surface area contributed by atoms with Crippen molar-refractivity contribution in [3.63, 3.8) is 0 Å². The smallest absolute Gasteiger partial charge is 0.122 e. The molecule has 0 saturated heterocycles. The van der Waals surface area contributed by atoms with Crippen LogP contribution in [0.5, 0.6) is 0 Å². The zero-order valence-corrected chi connectivity index (χ0v) is 11.6. The van der Waals surface area contributed by atoms with Crippen molar-refractivity contribution in [3.8, 4) is 0 Å². The van der Waals surface area contributed by atoms with Crippen LogP contribution < -0.4 is 11.1 Å². The average Bonchev–Trinajstić information content (AvgIpc) is 2.27. The zero-order valence-electron chi connectivity index (χ0n) is 10.7. The zero-order chi connectivity index (χ0) is 12.8. The fraction of sp³-hybridized carbons (Fsp3) is 0.538. The fourth-order valence-corrected chi connectivity index (χ4v) is 1.69. The minimum absolute atomic E-state index is 0.337. The summed E-state index contributed by atoms with van der Waals surface area (Å²) in [6.07, 6.45) is 4.17. The van der Waals surface area contributed by atoms with Crippen molar-refractivity contribution in [2.75, 3.05) is 5.32 Å². The molecule has 0 bridgehead atoms. The van der Waals surface area contributed by atoms with Gasteiger partial charge in [0.1, 0.15) is 4.99 Å². The summed E-state index contributed by atoms with van der Waals surface area (Å²) in [6.45, 7) is 6.67. The molecule has 0 radical (unpaired) electrons. The molecule has 1 heterocycles. The lowest BCUT2D eigenvalue weighted by Crippen LogP contribution is -2.16. The molecule has 0 aliphatic carbocycles. The van der Waals surface area contributed by atoms with Crippen LogP contribution in [0.1, 0.15) is 39.3 Å². The third-order valence-corrected chi connectivity index (χ3v) is 2.82. The van der Waals surface area contributed by atoms with Crippen LogP contribution in [0, 0.1) is 5.92 Å². The number of anilines is 1. The number of hydrogen-bond donors (Lipinski definition) is 2. The quantitative estimate of drug-likeness (QED) is 0.763. The molecule has 1 aromatic heterocycles. The highest BCUT2D eigenvalue weighted by Gasteiger charge is 2.04. The Morgan fingerprint density at radius 1 is 1.35 bits per heavy atom. The molecule has 3 nitrogen and oxygen atoms in total. The van der Waals surface area contributed by atoms with Gasteiger partial charge in [0.2, 0.25) is 0 Å². The van der Waals surface area contributed by atoms with Crippen LogP contribution in [-0.4, -0.2) is 16.0 Å². The Morgan fingerprint density at radius 3 is 2.53 bits per heavy atom. The van der Waals surface area contributed by atoms with E-state index in [1.165, 1.54) is 6.42 Å². The second-order valence-corrected chi connectivity index (χ2v) is 5.25. The van der Waals surface area contributed by atoms with Gasteiger partial charge in [-0.25, -0.2) is 0 Å². The van der Waals surface area contributed by atoms with E-state index >= 15 is 0 Å². The number of thiocarbonyl (C=S) groups is 1. The van der Waals surface area contributed by atoms with Crippen LogP contribution in [-0.2, 0) is 0 Å². The second kappa shape index (κ2) is 6.55. The first-order chi connectivity index (χ1) is 7.99. The predicted molar refractivity (Wildman–Crippen MR) is 77.3 cm³/mol. The molecule has 1 rings (SSSR count). The average molecular weight is 251 g/mol. The van der Waals surface area contributed by atoms with Gasteiger partial charge in [-0.15, -0.1) is 0 Å². The Hall–Kier alpha value is -1.16. The normalized spacial score (nSPS) is 12.5. The summed E-state index contributed by atoms with van der Waals surface area (Å²) in [4.78, 5) is 4.54. The number of hydrogen-bond acceptors (Lipinski definition) is 3. The van der Waals surface area contributed by atoms with E-state index < -0.39 is 0 Å². The summed E-state index contributed by atoms with van der Waals surface area (Å²) in [7, 11) is 0. The van der Waals surface area contributed by atoms with Gasteiger partial charge in [0.15, 0.2) is 0 Å². The van der Waals surface area contributed by atoms with Gasteiger partial charge in [-0.3, -0.25) is 4.98 Å². The van der Waals surface area contributed by atoms with Crippen LogP contribution in [0.25, 0.3) is 0 Å². The van der Waals surface area contributed by atoms with Gasteiger partial charge in [0, 0.05) is 6.04 Å². The first kappa shape index (κ1) is 13.9. The number of nitrogens with two attached hydrogens (primary N) is 1. The molecule has 1 unspecified atom stereocenters. The molecule has 4 heteroatoms. The summed E-state index contributed by atoms with van der Waals surface area (Å²) < 4.78 is 0. The van der Waals surface area contributed by atoms with Gasteiger partial charge >= 0.3 is 0 Å². The van der Waals surface area contributed by atoms with Crippen molar-refractivity contribution in [1.29, 1.82) is 0 Å². The Labute approximate surface area is 109 Å². The molecule has 0 spiro atoms. The molecule has 0 saturated carbocycles. The molecule has 0 amide bonds. The molecule has 17 heavy (non-hydrogen) atoms. The Kier molecular flexibility index (Phi) is 5.35. The maximum absolute atomic E-state index is 5.49. The van der Waals surface area contributed by atoms with Crippen molar-refractivity contribution in [1.82, 2.24) is 4.98 Å². The van der Waals surface area contributed by atoms with E-state index in [2.05, 4.69) is 31.1 Å². The van der Waals surface area contributed by atoms with Gasteiger partial charge in [-0.05, 0) is 37.8 Å². The molecule has 94 valence electrons. The van der Waals surface area contributed by atoms with Gasteiger partial charge in [0.25, 0.3) is 0 Å². The highest BCUT2D eigenvalue weighted by molar-refractivity contribution is 7.80. The second-order valence-electron chi connectivity index (χ2n) is 4.81. The summed E-state index contributed by atoms with van der Waals surface area (Å²) in [5, 5.41) is 3.42. The summed E-state index contributed by atoms with van der Waals surface area (Å²) in [5.41, 5.74) is 7.18. The van der Waals surface area contributed by atoms with Crippen LogP contribution >= 0.6 is 12.2 Å². The molecule has 3 N–H and O–H groups in total. The summed E-state index contributed by atoms with van der Waals surface area (Å²) in [6, 6.07) is 4.27. The van der Waals surface area contributed by atoms with Crippen LogP contribution in [0.3, 0.4) is 0 Å². The maximum atomic E-state index is 5.49. The first-order valence-corrected chi connectivity index (χ1v) is 6.42. The molecule has 0 aromatic carbocycles. The monoisotopic (exact) mass is 251 g/mol. The lowest BCUT2D eigenvalue weighted by Gasteiger charge is -2.16. The number of rotatable bonds is 6. The number of nitrogens with one attached hydrogen (secondary N) is 1. The van der Waals surface area contributed by atoms with Crippen molar-refractivity contribution in [2.45, 2.75) is 39.7 Å². The topological polar surface area (TPSA) is 50.9 Å². The van der Waals surface area contributed by atoms with E-state index in [-0.39, 0.29) is 0 Å². The fourth-order valence-electron chi connectivity index (χ4n) is 1.57. The third-order valence-electron chi connectivity index (χ3n) is 2.61. The Bertz CT molecular complexity index is 359. The number of aromatic nitrogens is 1. The van der Waals surface area contributed by atoms with Gasteiger partial charge in [0.05, 0.1) is 17.6 Å². The highest BCUT2D eigenvalue weighted by atomic mass is 32.1. The SMILES string of the molecule is CC(C)CCC(C)Nc1ccc(C(N)=S)nc1. The van der Waals surface area contributed by atoms with Crippen molar-refractivity contribution in [2.24, 2.45) is 11.7 Å². The van der Waals surface area contributed by atoms with Crippen LogP contribution in [0.15, 0.2) is 18.3 Å². The van der Waals surface area contributed by atoms with Gasteiger partial charge < -0.3 is 11.1 Å². The summed E-state index contributed by atoms with van der Waals surface area (Å²) in [5.74, 6) is 0.745. The highest BCUT2D eigenvalue weighted by Crippen LogP contribution is 2.12.